The van der Waals surface area contributed by atoms with Crippen molar-refractivity contribution in [3.05, 3.63) is 275 Å². The van der Waals surface area contributed by atoms with E-state index in [-0.39, 0.29) is 47.4 Å². The third-order valence-electron chi connectivity index (χ3n) is 17.4. The Bertz CT molecular complexity index is 4370. The lowest BCUT2D eigenvalue weighted by Crippen LogP contribution is -2.12. The molecule has 4 aromatic heterocycles. The molecule has 6 aromatic carbocycles. The van der Waals surface area contributed by atoms with Crippen LogP contribution in [0.3, 0.4) is 0 Å². The lowest BCUT2D eigenvalue weighted by Gasteiger charge is -2.07. The standard InChI is InChI=1S/C25H27N3O2.C21H25NO3.C19H21NO3.C16H21BrO3.C6H8N2.C5H4BrN/c26-22-9-5-6-10-23(22)28-25(30)12-4-2-1-3-11-24(29)20-15-13-19(14-16-20)21-8-7-17-27-18-21;1-2-25-21(24)10-6-4-3-5-9-20(23)18-13-11-17(12-14-18)19-8-7-15-22-16-19;21-18(7-3-1-2-4-8-19(22)23)16-11-9-15(10-12-16)17-6-5-13-20-14-17;1-2-20-16(19)8-6-4-3-5-7-15(18)13-9-11-14(17)12-10-13;7-5-3-1-2-4-6(5)8;6-5-2-1-3-7-4-5/h5-10,13-18H,1-4,11-12,26H2,(H,28,30);7-8,11-16H,2-6,9-10H2,1H3;5-6,9-14H,1-4,7-8H2,(H,22,23);9-12H,2-8H2,1H3;1-4H,7-8H2;1-4H. The molecular weight excluding hydrogens is 1550 g/mol. The smallest absolute Gasteiger partial charge is 0.305 e. The number of nitrogens with two attached hydrogens (primary N) is 3. The number of pyridine rings is 4. The Balaban J connectivity index is 0.000000254. The van der Waals surface area contributed by atoms with E-state index >= 15 is 0 Å². The number of hydrogen-bond acceptors (Lipinski definition) is 17. The normalized spacial score (nSPS) is 10.2. The van der Waals surface area contributed by atoms with Crippen molar-refractivity contribution < 1.29 is 52.9 Å². The van der Waals surface area contributed by atoms with E-state index in [1.54, 1.807) is 61.4 Å². The number of para-hydroxylation sites is 4. The first-order chi connectivity index (χ1) is 54.8. The zero-order valence-corrected chi connectivity index (χ0v) is 68.0. The maximum Gasteiger partial charge on any atom is 0.305 e. The number of nitrogens with zero attached hydrogens (tertiary/aromatic N) is 4. The molecule has 0 fully saturated rings. The van der Waals surface area contributed by atoms with Crippen LogP contribution in [0.15, 0.2) is 253 Å². The molecule has 0 saturated carbocycles. The predicted molar refractivity (Wildman–Crippen MR) is 459 cm³/mol. The van der Waals surface area contributed by atoms with Crippen molar-refractivity contribution in [3.8, 4) is 33.4 Å². The van der Waals surface area contributed by atoms with Crippen molar-refractivity contribution in [3.63, 3.8) is 0 Å². The lowest BCUT2D eigenvalue weighted by molar-refractivity contribution is -0.144. The highest BCUT2D eigenvalue weighted by molar-refractivity contribution is 9.10. The molecule has 0 aliphatic rings. The number of aromatic nitrogens is 4. The Morgan fingerprint density at radius 1 is 0.319 bits per heavy atom. The van der Waals surface area contributed by atoms with Crippen molar-refractivity contribution in [2.75, 3.05) is 35.7 Å². The van der Waals surface area contributed by atoms with Gasteiger partial charge in [0.1, 0.15) is 0 Å². The van der Waals surface area contributed by atoms with Crippen LogP contribution in [0.4, 0.5) is 22.7 Å². The number of nitrogens with one attached hydrogen (secondary N) is 1. The summed E-state index contributed by atoms with van der Waals surface area (Å²) in [6, 6.07) is 60.4. The summed E-state index contributed by atoms with van der Waals surface area (Å²) in [5.74, 6) is -0.393. The number of carboxylic acid groups (broad SMARTS) is 1. The van der Waals surface area contributed by atoms with Gasteiger partial charge in [-0.1, -0.05) is 195 Å². The number of ketones is 4. The zero-order valence-electron chi connectivity index (χ0n) is 64.8. The number of carbonyl (C=O) groups is 8. The molecule has 21 heteroatoms. The Morgan fingerprint density at radius 2 is 0.619 bits per heavy atom. The average molecular weight is 1660 g/mol. The molecule has 1 amide bonds. The fraction of sp³-hybridized carbons (Fsp3) is 0.304. The van der Waals surface area contributed by atoms with Crippen molar-refractivity contribution in [1.29, 1.82) is 0 Å². The minimum atomic E-state index is -0.755. The second-order valence-corrected chi connectivity index (χ2v) is 28.1. The van der Waals surface area contributed by atoms with Crippen LogP contribution >= 0.6 is 31.9 Å². The molecule has 594 valence electrons. The number of esters is 2. The van der Waals surface area contributed by atoms with Gasteiger partial charge in [0.2, 0.25) is 5.91 Å². The van der Waals surface area contributed by atoms with Crippen LogP contribution in [0.1, 0.15) is 209 Å². The van der Waals surface area contributed by atoms with E-state index in [9.17, 15) is 38.4 Å². The van der Waals surface area contributed by atoms with Gasteiger partial charge in [-0.15, -0.1) is 0 Å². The molecule has 10 aromatic rings. The predicted octanol–water partition coefficient (Wildman–Crippen LogP) is 21.9. The molecule has 4 heterocycles. The highest BCUT2D eigenvalue weighted by Crippen LogP contribution is 2.25. The Labute approximate surface area is 682 Å². The highest BCUT2D eigenvalue weighted by Gasteiger charge is 2.13. The first kappa shape index (κ1) is 92.4. The van der Waals surface area contributed by atoms with E-state index in [4.69, 9.17) is 31.8 Å². The van der Waals surface area contributed by atoms with Crippen molar-refractivity contribution in [2.45, 2.75) is 168 Å². The molecule has 0 bridgehead atoms. The van der Waals surface area contributed by atoms with E-state index < -0.39 is 5.97 Å². The molecular formula is C92H106Br2N8O11. The summed E-state index contributed by atoms with van der Waals surface area (Å²) < 4.78 is 11.7. The van der Waals surface area contributed by atoms with E-state index in [0.717, 1.165) is 161 Å². The molecule has 19 nitrogen and oxygen atoms in total. The minimum Gasteiger partial charge on any atom is -0.481 e. The van der Waals surface area contributed by atoms with Gasteiger partial charge < -0.3 is 37.1 Å². The summed E-state index contributed by atoms with van der Waals surface area (Å²) >= 11 is 6.60. The first-order valence-corrected chi connectivity index (χ1v) is 40.1. The van der Waals surface area contributed by atoms with Crippen LogP contribution in [0.5, 0.6) is 0 Å². The number of anilines is 4. The largest absolute Gasteiger partial charge is 0.481 e. The Hall–Kier alpha value is -11.2. The molecule has 10 rings (SSSR count). The molecule has 113 heavy (non-hydrogen) atoms. The van der Waals surface area contributed by atoms with Gasteiger partial charge in [-0.25, -0.2) is 0 Å². The SMILES string of the molecule is Brc1cccnc1.CCOC(=O)CCCCCCC(=O)c1ccc(-c2cccnc2)cc1.CCOC(=O)CCCCCCC(=O)c1ccc(Br)cc1.Nc1ccccc1N.Nc1ccccc1NC(=O)CCCCCCC(=O)c1ccc(-c2cccnc2)cc1.O=C(O)CCCCCCC(=O)c1ccc(-c2cccnc2)cc1. The van der Waals surface area contributed by atoms with Crippen molar-refractivity contribution >= 4 is 102 Å². The van der Waals surface area contributed by atoms with E-state index in [1.165, 1.54) is 0 Å². The zero-order chi connectivity index (χ0) is 81.5. The Morgan fingerprint density at radius 3 is 0.903 bits per heavy atom. The Kier molecular flexibility index (Phi) is 45.9. The van der Waals surface area contributed by atoms with E-state index in [0.29, 0.717) is 87.3 Å². The summed E-state index contributed by atoms with van der Waals surface area (Å²) in [5, 5.41) is 11.4. The molecule has 0 saturated heterocycles. The summed E-state index contributed by atoms with van der Waals surface area (Å²) in [5.41, 5.74) is 28.4. The van der Waals surface area contributed by atoms with Gasteiger partial charge in [0.15, 0.2) is 23.1 Å². The number of ether oxygens (including phenoxy) is 2. The second-order valence-electron chi connectivity index (χ2n) is 26.3. The van der Waals surface area contributed by atoms with Gasteiger partial charge in [-0.3, -0.25) is 58.3 Å². The number of carboxylic acids is 1. The third-order valence-corrected chi connectivity index (χ3v) is 18.4. The van der Waals surface area contributed by atoms with Gasteiger partial charge in [-0.2, -0.15) is 0 Å². The summed E-state index contributed by atoms with van der Waals surface area (Å²) in [6.07, 6.45) is 31.9. The van der Waals surface area contributed by atoms with Crippen LogP contribution in [0, 0.1) is 0 Å². The third kappa shape index (κ3) is 40.0. The van der Waals surface area contributed by atoms with Gasteiger partial charge in [0.05, 0.1) is 36.0 Å². The van der Waals surface area contributed by atoms with Crippen LogP contribution in [-0.4, -0.2) is 85.2 Å². The monoisotopic (exact) mass is 1660 g/mol. The molecule has 0 unspecified atom stereocenters. The number of unbranched alkanes of at least 4 members (excludes halogenated alkanes) is 12. The maximum atomic E-state index is 12.4. The van der Waals surface area contributed by atoms with Gasteiger partial charge >= 0.3 is 17.9 Å². The van der Waals surface area contributed by atoms with Crippen molar-refractivity contribution in [1.82, 2.24) is 19.9 Å². The van der Waals surface area contributed by atoms with E-state index in [1.807, 2.05) is 196 Å². The summed E-state index contributed by atoms with van der Waals surface area (Å²) in [6.45, 7) is 4.51. The number of nitrogen functional groups attached to an aromatic ring is 3. The van der Waals surface area contributed by atoms with Crippen LogP contribution in [-0.2, 0) is 28.7 Å². The number of benzene rings is 6. The summed E-state index contributed by atoms with van der Waals surface area (Å²) in [7, 11) is 0. The topological polar surface area (TPSA) is 317 Å². The van der Waals surface area contributed by atoms with E-state index in [2.05, 4.69) is 57.1 Å². The van der Waals surface area contributed by atoms with Crippen LogP contribution in [0.2, 0.25) is 0 Å². The molecule has 0 atom stereocenters. The minimum absolute atomic E-state index is 0.0299. The fourth-order valence-corrected chi connectivity index (χ4v) is 11.7. The number of halogens is 2. The number of aliphatic carboxylic acids is 1. The number of Topliss-reactive ketones (excluding diaryl/α,β-unsaturated/α-hetero) is 4. The molecule has 0 spiro atoms. The number of carbonyl (C=O) groups excluding carboxylic acids is 7. The average Bonchev–Trinajstić information content (AvgIpc) is 0.863. The lowest BCUT2D eigenvalue weighted by atomic mass is 10.0. The van der Waals surface area contributed by atoms with Crippen molar-refractivity contribution in [2.24, 2.45) is 0 Å². The molecule has 0 radical (unpaired) electrons. The number of hydrogen-bond donors (Lipinski definition) is 5. The van der Waals surface area contributed by atoms with Gasteiger partial charge in [0.25, 0.3) is 0 Å². The molecule has 8 N–H and O–H groups in total. The van der Waals surface area contributed by atoms with Gasteiger partial charge in [0, 0.05) is 132 Å². The first-order valence-electron chi connectivity index (χ1n) is 38.6. The maximum absolute atomic E-state index is 12.4. The fourth-order valence-electron chi connectivity index (χ4n) is 11.2. The quantitative estimate of drug-likeness (QED) is 0.0104. The van der Waals surface area contributed by atoms with Crippen LogP contribution in [0.25, 0.3) is 33.4 Å². The number of rotatable bonds is 38. The molecule has 0 aliphatic carbocycles. The number of amides is 1. The summed E-state index contributed by atoms with van der Waals surface area (Å²) in [4.78, 5) is 110. The highest BCUT2D eigenvalue weighted by atomic mass is 79.9. The van der Waals surface area contributed by atoms with Crippen LogP contribution < -0.4 is 22.5 Å². The molecule has 0 aliphatic heterocycles. The van der Waals surface area contributed by atoms with Gasteiger partial charge in [-0.05, 0) is 181 Å². The second kappa shape index (κ2) is 56.1.